The molecule has 0 radical (unpaired) electrons. The van der Waals surface area contributed by atoms with E-state index in [4.69, 9.17) is 8.43 Å². The van der Waals surface area contributed by atoms with E-state index in [9.17, 15) is 4.20 Å². The Morgan fingerprint density at radius 2 is 1.08 bits per heavy atom. The standard InChI is InChI=1S/C6H18FO2PSi2/c1-11(2,3)8-10(7)9-12(4,5)6/h1-6H3. The van der Waals surface area contributed by atoms with Gasteiger partial charge in [-0.1, -0.05) is 0 Å². The number of halogens is 1. The summed E-state index contributed by atoms with van der Waals surface area (Å²) < 4.78 is 23.4. The summed E-state index contributed by atoms with van der Waals surface area (Å²) in [5.74, 6) is 0. The quantitative estimate of drug-likeness (QED) is 0.537. The molecule has 0 aromatic carbocycles. The van der Waals surface area contributed by atoms with E-state index in [0.717, 1.165) is 0 Å². The Morgan fingerprint density at radius 3 is 1.25 bits per heavy atom. The van der Waals surface area contributed by atoms with E-state index in [0.29, 0.717) is 0 Å². The molecule has 0 heterocycles. The fraction of sp³-hybridized carbons (Fsp3) is 1.00. The predicted molar refractivity (Wildman–Crippen MR) is 56.9 cm³/mol. The molecule has 6 heteroatoms. The topological polar surface area (TPSA) is 18.5 Å². The van der Waals surface area contributed by atoms with Gasteiger partial charge in [-0.25, -0.2) is 0 Å². The van der Waals surface area contributed by atoms with Crippen LogP contribution in [-0.4, -0.2) is 16.6 Å². The van der Waals surface area contributed by atoms with Gasteiger partial charge in [-0.15, -0.1) is 0 Å². The first-order valence-electron chi connectivity index (χ1n) is 3.94. The predicted octanol–water partition coefficient (Wildman–Crippen LogP) is 3.89. The van der Waals surface area contributed by atoms with Gasteiger partial charge in [0.2, 0.25) is 0 Å². The second-order valence-electron chi connectivity index (χ2n) is 4.62. The van der Waals surface area contributed by atoms with Gasteiger partial charge in [0.25, 0.3) is 0 Å². The molecule has 0 spiro atoms. The summed E-state index contributed by atoms with van der Waals surface area (Å²) in [5, 5.41) is 0. The highest BCUT2D eigenvalue weighted by Crippen LogP contribution is 2.45. The van der Waals surface area contributed by atoms with Crippen molar-refractivity contribution in [3.63, 3.8) is 0 Å². The van der Waals surface area contributed by atoms with Crippen LogP contribution in [0.4, 0.5) is 4.20 Å². The van der Waals surface area contributed by atoms with Crippen LogP contribution < -0.4 is 0 Å². The van der Waals surface area contributed by atoms with E-state index in [1.54, 1.807) is 0 Å². The summed E-state index contributed by atoms with van der Waals surface area (Å²) in [6.07, 6.45) is 0. The largest absolute Gasteiger partial charge is 0.353 e. The van der Waals surface area contributed by atoms with Gasteiger partial charge in [-0.05, 0) is 39.3 Å². The maximum absolute atomic E-state index is 13.1. The van der Waals surface area contributed by atoms with Gasteiger partial charge in [0.15, 0.2) is 16.6 Å². The Kier molecular flexibility index (Phi) is 4.54. The van der Waals surface area contributed by atoms with E-state index >= 15 is 0 Å². The Labute approximate surface area is 77.8 Å². The summed E-state index contributed by atoms with van der Waals surface area (Å²) in [7, 11) is -5.67. The number of hydrogen-bond donors (Lipinski definition) is 0. The van der Waals surface area contributed by atoms with Crippen molar-refractivity contribution in [1.82, 2.24) is 0 Å². The van der Waals surface area contributed by atoms with Gasteiger partial charge in [0, 0.05) is 0 Å². The molecule has 0 aromatic heterocycles. The van der Waals surface area contributed by atoms with Crippen LogP contribution in [0, 0.1) is 0 Å². The van der Waals surface area contributed by atoms with Gasteiger partial charge in [0.05, 0.1) is 0 Å². The molecule has 2 nitrogen and oxygen atoms in total. The zero-order valence-corrected chi connectivity index (χ0v) is 11.5. The minimum Gasteiger partial charge on any atom is -0.352 e. The lowest BCUT2D eigenvalue weighted by Crippen LogP contribution is -2.27. The Bertz CT molecular complexity index is 127. The molecular formula is C6H18FO2PSi2. The second-order valence-corrected chi connectivity index (χ2v) is 15.0. The first kappa shape index (κ1) is 12.7. The van der Waals surface area contributed by atoms with Crippen LogP contribution in [0.15, 0.2) is 0 Å². The van der Waals surface area contributed by atoms with Crippen molar-refractivity contribution in [2.45, 2.75) is 39.3 Å². The van der Waals surface area contributed by atoms with Crippen molar-refractivity contribution >= 4 is 25.3 Å². The Morgan fingerprint density at radius 1 is 0.833 bits per heavy atom. The third kappa shape index (κ3) is 8.81. The van der Waals surface area contributed by atoms with E-state index in [1.807, 2.05) is 39.3 Å². The highest BCUT2D eigenvalue weighted by Gasteiger charge is 2.27. The molecular weight excluding hydrogens is 210 g/mol. The van der Waals surface area contributed by atoms with Crippen molar-refractivity contribution in [2.75, 3.05) is 0 Å². The van der Waals surface area contributed by atoms with Gasteiger partial charge < -0.3 is 8.43 Å². The minimum absolute atomic E-state index is 1.77. The van der Waals surface area contributed by atoms with Crippen molar-refractivity contribution in [3.05, 3.63) is 0 Å². The van der Waals surface area contributed by atoms with E-state index in [2.05, 4.69) is 0 Å². The van der Waals surface area contributed by atoms with Crippen molar-refractivity contribution < 1.29 is 12.6 Å². The third-order valence-corrected chi connectivity index (χ3v) is 6.22. The van der Waals surface area contributed by atoms with Crippen LogP contribution in [0.5, 0.6) is 0 Å². The number of rotatable bonds is 4. The van der Waals surface area contributed by atoms with Gasteiger partial charge >= 0.3 is 8.69 Å². The van der Waals surface area contributed by atoms with Crippen LogP contribution in [-0.2, 0) is 8.43 Å². The lowest BCUT2D eigenvalue weighted by atomic mass is 11.8. The molecule has 0 aliphatic carbocycles. The maximum Gasteiger partial charge on any atom is 0.353 e. The molecule has 0 aliphatic heterocycles. The molecule has 0 unspecified atom stereocenters. The Hall–Kier alpha value is 0.714. The summed E-state index contributed by atoms with van der Waals surface area (Å²) in [6, 6.07) is 0. The first-order chi connectivity index (χ1) is 5.10. The minimum atomic E-state index is -2.13. The lowest BCUT2D eigenvalue weighted by molar-refractivity contribution is 0.437. The SMILES string of the molecule is C[Si](C)(C)OP(F)O[Si](C)(C)C. The van der Waals surface area contributed by atoms with Crippen LogP contribution >= 0.6 is 8.69 Å². The molecule has 0 aliphatic rings. The van der Waals surface area contributed by atoms with Crippen LogP contribution in [0.25, 0.3) is 0 Å². The average molecular weight is 228 g/mol. The van der Waals surface area contributed by atoms with E-state index in [1.165, 1.54) is 0 Å². The molecule has 0 amide bonds. The Balaban J connectivity index is 3.83. The summed E-state index contributed by atoms with van der Waals surface area (Å²) in [6.45, 7) is 11.7. The highest BCUT2D eigenvalue weighted by atomic mass is 31.2. The summed E-state index contributed by atoms with van der Waals surface area (Å²) >= 11 is 0. The zero-order valence-electron chi connectivity index (χ0n) is 8.64. The monoisotopic (exact) mass is 228 g/mol. The second kappa shape index (κ2) is 4.29. The highest BCUT2D eigenvalue weighted by molar-refractivity contribution is 7.45. The van der Waals surface area contributed by atoms with Gasteiger partial charge in [-0.3, -0.25) is 0 Å². The zero-order chi connectivity index (χ0) is 9.99. The summed E-state index contributed by atoms with van der Waals surface area (Å²) in [4.78, 5) is 0. The molecule has 0 N–H and O–H groups in total. The van der Waals surface area contributed by atoms with E-state index < -0.39 is 25.3 Å². The van der Waals surface area contributed by atoms with Crippen LogP contribution in [0.2, 0.25) is 39.3 Å². The maximum atomic E-state index is 13.1. The molecule has 12 heavy (non-hydrogen) atoms. The van der Waals surface area contributed by atoms with Crippen LogP contribution in [0.1, 0.15) is 0 Å². The molecule has 0 rings (SSSR count). The molecule has 0 fully saturated rings. The van der Waals surface area contributed by atoms with Gasteiger partial charge in [-0.2, -0.15) is 4.20 Å². The van der Waals surface area contributed by atoms with Crippen molar-refractivity contribution in [1.29, 1.82) is 0 Å². The number of hydrogen-bond acceptors (Lipinski definition) is 2. The average Bonchev–Trinajstić information content (AvgIpc) is 1.49. The van der Waals surface area contributed by atoms with Gasteiger partial charge in [0.1, 0.15) is 0 Å². The van der Waals surface area contributed by atoms with E-state index in [-0.39, 0.29) is 0 Å². The molecule has 74 valence electrons. The smallest absolute Gasteiger partial charge is 0.352 e. The molecule has 0 saturated heterocycles. The molecule has 0 saturated carbocycles. The summed E-state index contributed by atoms with van der Waals surface area (Å²) in [5.41, 5.74) is 0. The molecule has 0 atom stereocenters. The lowest BCUT2D eigenvalue weighted by Gasteiger charge is -2.24. The van der Waals surface area contributed by atoms with Crippen LogP contribution in [0.3, 0.4) is 0 Å². The molecule has 0 aromatic rings. The molecule has 0 bridgehead atoms. The normalized spacial score (nSPS) is 14.0. The first-order valence-corrected chi connectivity index (χ1v) is 11.8. The fourth-order valence-electron chi connectivity index (χ4n) is 0.449. The third-order valence-electron chi connectivity index (χ3n) is 0.691. The fourth-order valence-corrected chi connectivity index (χ4v) is 4.38. The van der Waals surface area contributed by atoms with Crippen molar-refractivity contribution in [2.24, 2.45) is 0 Å². The van der Waals surface area contributed by atoms with Crippen molar-refractivity contribution in [3.8, 4) is 0 Å².